The number of rotatable bonds is 5. The molecule has 0 saturated carbocycles. The van der Waals surface area contributed by atoms with Crippen molar-refractivity contribution >= 4 is 17.3 Å². The van der Waals surface area contributed by atoms with E-state index in [-0.39, 0.29) is 11.6 Å². The smallest absolute Gasteiger partial charge is 0.225 e. The summed E-state index contributed by atoms with van der Waals surface area (Å²) in [6.07, 6.45) is 0.323. The fourth-order valence-electron chi connectivity index (χ4n) is 3.11. The molecule has 1 N–H and O–H groups in total. The maximum Gasteiger partial charge on any atom is 0.225 e. The second-order valence-corrected chi connectivity index (χ2v) is 6.59. The molecule has 1 aliphatic heterocycles. The highest BCUT2D eigenvalue weighted by molar-refractivity contribution is 5.90. The first kappa shape index (κ1) is 18.3. The number of benzene rings is 2. The molecule has 6 heteroatoms. The summed E-state index contributed by atoms with van der Waals surface area (Å²) in [6.45, 7) is 6.38. The first-order valence-electron chi connectivity index (χ1n) is 8.80. The number of halogens is 2. The van der Waals surface area contributed by atoms with Gasteiger partial charge in [0.1, 0.15) is 0 Å². The van der Waals surface area contributed by atoms with Gasteiger partial charge in [0.2, 0.25) is 5.91 Å². The normalized spacial score (nSPS) is 15.1. The molecule has 0 unspecified atom stereocenters. The van der Waals surface area contributed by atoms with Crippen LogP contribution in [0.5, 0.6) is 0 Å². The van der Waals surface area contributed by atoms with Crippen molar-refractivity contribution in [1.82, 2.24) is 4.90 Å². The van der Waals surface area contributed by atoms with E-state index in [4.69, 9.17) is 0 Å². The molecule has 0 bridgehead atoms. The van der Waals surface area contributed by atoms with Gasteiger partial charge in [-0.3, -0.25) is 9.69 Å². The summed E-state index contributed by atoms with van der Waals surface area (Å²) in [6, 6.07) is 11.8. The molecule has 1 amide bonds. The summed E-state index contributed by atoms with van der Waals surface area (Å²) >= 11 is 0. The summed E-state index contributed by atoms with van der Waals surface area (Å²) in [5.41, 5.74) is 2.76. The standard InChI is InChI=1S/C20H23F2N3O/c1-15-3-2-4-17(13-15)25-11-9-24(10-12-25)8-7-20(26)23-16-5-6-18(21)19(22)14-16/h2-6,13-14H,7-12H2,1H3,(H,23,26). The topological polar surface area (TPSA) is 35.6 Å². The minimum absolute atomic E-state index is 0.197. The van der Waals surface area contributed by atoms with Gasteiger partial charge in [0.05, 0.1) is 0 Å². The van der Waals surface area contributed by atoms with Crippen molar-refractivity contribution in [3.63, 3.8) is 0 Å². The van der Waals surface area contributed by atoms with Crippen LogP contribution in [0.3, 0.4) is 0 Å². The molecule has 26 heavy (non-hydrogen) atoms. The lowest BCUT2D eigenvalue weighted by Crippen LogP contribution is -2.47. The molecule has 4 nitrogen and oxygen atoms in total. The molecule has 1 saturated heterocycles. The van der Waals surface area contributed by atoms with E-state index in [9.17, 15) is 13.6 Å². The Morgan fingerprint density at radius 1 is 1.04 bits per heavy atom. The Hall–Kier alpha value is -2.47. The number of anilines is 2. The SMILES string of the molecule is Cc1cccc(N2CCN(CCC(=O)Nc3ccc(F)c(F)c3)CC2)c1. The third kappa shape index (κ3) is 4.79. The maximum atomic E-state index is 13.2. The van der Waals surface area contributed by atoms with Crippen molar-refractivity contribution in [1.29, 1.82) is 0 Å². The number of nitrogens with zero attached hydrogens (tertiary/aromatic N) is 2. The molecule has 1 fully saturated rings. The highest BCUT2D eigenvalue weighted by Crippen LogP contribution is 2.18. The Balaban J connectivity index is 1.43. The van der Waals surface area contributed by atoms with E-state index in [1.165, 1.54) is 17.3 Å². The van der Waals surface area contributed by atoms with E-state index in [1.54, 1.807) is 0 Å². The maximum absolute atomic E-state index is 13.2. The Morgan fingerprint density at radius 2 is 1.81 bits per heavy atom. The van der Waals surface area contributed by atoms with E-state index < -0.39 is 11.6 Å². The first-order valence-corrected chi connectivity index (χ1v) is 8.80. The van der Waals surface area contributed by atoms with Crippen molar-refractivity contribution in [3.05, 3.63) is 59.7 Å². The Kier molecular flexibility index (Phi) is 5.83. The van der Waals surface area contributed by atoms with Gasteiger partial charge >= 0.3 is 0 Å². The molecule has 0 atom stereocenters. The lowest BCUT2D eigenvalue weighted by atomic mass is 10.2. The van der Waals surface area contributed by atoms with Crippen molar-refractivity contribution in [2.75, 3.05) is 42.9 Å². The molecule has 2 aromatic carbocycles. The Bertz CT molecular complexity index is 773. The van der Waals surface area contributed by atoms with Gasteiger partial charge in [-0.15, -0.1) is 0 Å². The zero-order valence-electron chi connectivity index (χ0n) is 14.8. The number of carbonyl (C=O) groups excluding carboxylic acids is 1. The van der Waals surface area contributed by atoms with Crippen LogP contribution < -0.4 is 10.2 Å². The summed E-state index contributed by atoms with van der Waals surface area (Å²) in [5, 5.41) is 2.61. The zero-order chi connectivity index (χ0) is 18.5. The van der Waals surface area contributed by atoms with Crippen LogP contribution in [0.2, 0.25) is 0 Å². The molecular weight excluding hydrogens is 336 g/mol. The number of amides is 1. The van der Waals surface area contributed by atoms with Crippen molar-refractivity contribution < 1.29 is 13.6 Å². The predicted octanol–water partition coefficient (Wildman–Crippen LogP) is 3.42. The fourth-order valence-corrected chi connectivity index (χ4v) is 3.11. The highest BCUT2D eigenvalue weighted by atomic mass is 19.2. The van der Waals surface area contributed by atoms with Gasteiger partial charge in [0.25, 0.3) is 0 Å². The van der Waals surface area contributed by atoms with Gasteiger partial charge in [-0.25, -0.2) is 8.78 Å². The second kappa shape index (κ2) is 8.27. The van der Waals surface area contributed by atoms with Gasteiger partial charge in [0.15, 0.2) is 11.6 Å². The van der Waals surface area contributed by atoms with Gasteiger partial charge in [-0.05, 0) is 36.8 Å². The van der Waals surface area contributed by atoms with Crippen LogP contribution in [-0.4, -0.2) is 43.5 Å². The predicted molar refractivity (Wildman–Crippen MR) is 99.4 cm³/mol. The molecule has 1 heterocycles. The summed E-state index contributed by atoms with van der Waals surface area (Å²) in [4.78, 5) is 16.6. The van der Waals surface area contributed by atoms with E-state index >= 15 is 0 Å². The van der Waals surface area contributed by atoms with Crippen LogP contribution in [0.15, 0.2) is 42.5 Å². The lowest BCUT2D eigenvalue weighted by molar-refractivity contribution is -0.116. The van der Waals surface area contributed by atoms with Gasteiger partial charge in [0, 0.05) is 56.6 Å². The van der Waals surface area contributed by atoms with Crippen molar-refractivity contribution in [3.8, 4) is 0 Å². The molecule has 0 aromatic heterocycles. The van der Waals surface area contributed by atoms with Crippen LogP contribution in [0.1, 0.15) is 12.0 Å². The third-order valence-electron chi connectivity index (χ3n) is 4.60. The second-order valence-electron chi connectivity index (χ2n) is 6.59. The fraction of sp³-hybridized carbons (Fsp3) is 0.350. The van der Waals surface area contributed by atoms with E-state index in [2.05, 4.69) is 46.3 Å². The van der Waals surface area contributed by atoms with E-state index in [1.807, 2.05) is 0 Å². The molecular formula is C20H23F2N3O. The van der Waals surface area contributed by atoms with Gasteiger partial charge < -0.3 is 10.2 Å². The highest BCUT2D eigenvalue weighted by Gasteiger charge is 2.18. The van der Waals surface area contributed by atoms with Crippen LogP contribution in [0, 0.1) is 18.6 Å². The van der Waals surface area contributed by atoms with Gasteiger partial charge in [-0.1, -0.05) is 12.1 Å². The number of hydrogen-bond acceptors (Lipinski definition) is 3. The van der Waals surface area contributed by atoms with Crippen LogP contribution >= 0.6 is 0 Å². The lowest BCUT2D eigenvalue weighted by Gasteiger charge is -2.36. The van der Waals surface area contributed by atoms with Crippen LogP contribution in [0.25, 0.3) is 0 Å². The third-order valence-corrected chi connectivity index (χ3v) is 4.60. The average molecular weight is 359 g/mol. The number of nitrogens with one attached hydrogen (secondary N) is 1. The minimum Gasteiger partial charge on any atom is -0.369 e. The molecule has 2 aromatic rings. The average Bonchev–Trinajstić information content (AvgIpc) is 2.63. The van der Waals surface area contributed by atoms with Gasteiger partial charge in [-0.2, -0.15) is 0 Å². The molecule has 0 aliphatic carbocycles. The Morgan fingerprint density at radius 3 is 2.50 bits per heavy atom. The molecule has 138 valence electrons. The summed E-state index contributed by atoms with van der Waals surface area (Å²) in [7, 11) is 0. The number of carbonyl (C=O) groups is 1. The number of hydrogen-bond donors (Lipinski definition) is 1. The summed E-state index contributed by atoms with van der Waals surface area (Å²) < 4.78 is 26.1. The number of aryl methyl sites for hydroxylation is 1. The quantitative estimate of drug-likeness (QED) is 0.889. The van der Waals surface area contributed by atoms with Crippen LogP contribution in [0.4, 0.5) is 20.2 Å². The van der Waals surface area contributed by atoms with E-state index in [0.29, 0.717) is 13.0 Å². The largest absolute Gasteiger partial charge is 0.369 e. The molecule has 1 aliphatic rings. The zero-order valence-corrected chi connectivity index (χ0v) is 14.8. The molecule has 3 rings (SSSR count). The number of piperazine rings is 1. The first-order chi connectivity index (χ1) is 12.5. The van der Waals surface area contributed by atoms with Crippen molar-refractivity contribution in [2.45, 2.75) is 13.3 Å². The molecule has 0 spiro atoms. The monoisotopic (exact) mass is 359 g/mol. The minimum atomic E-state index is -0.963. The van der Waals surface area contributed by atoms with Crippen molar-refractivity contribution in [2.24, 2.45) is 0 Å². The Labute approximate surface area is 152 Å². The van der Waals surface area contributed by atoms with Crippen LogP contribution in [-0.2, 0) is 4.79 Å². The summed E-state index contributed by atoms with van der Waals surface area (Å²) in [5.74, 6) is -2.08. The van der Waals surface area contributed by atoms with E-state index in [0.717, 1.165) is 38.3 Å². The molecule has 0 radical (unpaired) electrons.